The first-order valence-electron chi connectivity index (χ1n) is 9.24. The van der Waals surface area contributed by atoms with E-state index in [0.717, 1.165) is 17.9 Å². The van der Waals surface area contributed by atoms with Gasteiger partial charge in [-0.2, -0.15) is 0 Å². The van der Waals surface area contributed by atoms with E-state index in [2.05, 4.69) is 11.1 Å². The molecule has 1 fully saturated rings. The maximum Gasteiger partial charge on any atom is 0.402 e. The largest absolute Gasteiger partial charge is 0.496 e. The number of halogens is 1. The molecule has 1 saturated carbocycles. The Morgan fingerprint density at radius 2 is 1.89 bits per heavy atom. The molecule has 2 aromatic carbocycles. The van der Waals surface area contributed by atoms with Gasteiger partial charge in [0, 0.05) is 29.8 Å². The normalized spacial score (nSPS) is 13.5. The lowest BCUT2D eigenvalue weighted by atomic mass is 10.1. The molecule has 0 spiro atoms. The quantitative estimate of drug-likeness (QED) is 0.663. The Morgan fingerprint density at radius 1 is 1.21 bits per heavy atom. The number of primary amides is 1. The number of ether oxygens (including phenoxy) is 2. The van der Waals surface area contributed by atoms with Gasteiger partial charge in [-0.1, -0.05) is 37.1 Å². The molecule has 3 rings (SSSR count). The molecule has 152 valence electrons. The fourth-order valence-corrected chi connectivity index (χ4v) is 3.12. The van der Waals surface area contributed by atoms with E-state index in [1.54, 1.807) is 25.3 Å². The van der Waals surface area contributed by atoms with Gasteiger partial charge in [0.25, 0.3) is 0 Å². The zero-order valence-corrected chi connectivity index (χ0v) is 16.0. The lowest BCUT2D eigenvalue weighted by Gasteiger charge is -2.15. The van der Waals surface area contributed by atoms with Crippen molar-refractivity contribution >= 4 is 6.09 Å². The number of methoxy groups -OCH3 is 1. The highest BCUT2D eigenvalue weighted by atomic mass is 19.1. The zero-order valence-electron chi connectivity index (χ0n) is 16.0. The monoisotopic (exact) mass is 390 g/mol. The van der Waals surface area contributed by atoms with E-state index in [4.69, 9.17) is 19.4 Å². The van der Waals surface area contributed by atoms with Gasteiger partial charge >= 0.3 is 6.09 Å². The smallest absolute Gasteiger partial charge is 0.402 e. The van der Waals surface area contributed by atoms with E-state index < -0.39 is 6.09 Å². The summed E-state index contributed by atoms with van der Waals surface area (Å²) >= 11 is 0. The second-order valence-electron chi connectivity index (χ2n) is 6.55. The molecule has 1 aliphatic carbocycles. The van der Waals surface area contributed by atoms with E-state index in [1.807, 2.05) is 18.2 Å². The number of nitrogens with one attached hydrogen (secondary N) is 1. The van der Waals surface area contributed by atoms with Gasteiger partial charge in [-0.3, -0.25) is 0 Å². The molecule has 0 unspecified atom stereocenters. The first-order chi connectivity index (χ1) is 13.5. The van der Waals surface area contributed by atoms with Gasteiger partial charge in [-0.05, 0) is 25.0 Å². The molecule has 7 heteroatoms. The molecule has 0 radical (unpaired) electrons. The van der Waals surface area contributed by atoms with Crippen LogP contribution in [-0.2, 0) is 13.2 Å². The average molecular weight is 390 g/mol. The molecular weight excluding hydrogens is 363 g/mol. The van der Waals surface area contributed by atoms with Crippen molar-refractivity contribution in [1.29, 1.82) is 0 Å². The minimum absolute atomic E-state index is 0.204. The Bertz CT molecular complexity index is 760. The van der Waals surface area contributed by atoms with Crippen LogP contribution in [0.1, 0.15) is 36.8 Å². The number of benzene rings is 2. The maximum absolute atomic E-state index is 13.6. The standard InChI is InChI=1S/C20H24FNO2.CH3NO2/c1-23-20-12-18(24-14-16-6-2-5-9-19(16)21)11-10-15(20)13-22-17-7-3-4-8-17;2-1(3)4/h2,5-6,9-12,17,22H,3-4,7-8,13-14H2,1H3;2H2,(H,3,4). The summed E-state index contributed by atoms with van der Waals surface area (Å²) < 4.78 is 24.8. The molecule has 0 bridgehead atoms. The number of amides is 1. The molecule has 4 N–H and O–H groups in total. The van der Waals surface area contributed by atoms with Crippen LogP contribution in [0.2, 0.25) is 0 Å². The van der Waals surface area contributed by atoms with Crippen LogP contribution in [0.5, 0.6) is 11.5 Å². The van der Waals surface area contributed by atoms with Crippen molar-refractivity contribution in [1.82, 2.24) is 5.32 Å². The van der Waals surface area contributed by atoms with Gasteiger partial charge in [0.2, 0.25) is 0 Å². The van der Waals surface area contributed by atoms with Crippen molar-refractivity contribution in [3.8, 4) is 11.5 Å². The van der Waals surface area contributed by atoms with E-state index in [-0.39, 0.29) is 12.4 Å². The molecule has 0 atom stereocenters. The molecule has 0 aromatic heterocycles. The SMILES string of the molecule is COc1cc(OCc2ccccc2F)ccc1CNC1CCCC1.NC(=O)O. The third-order valence-electron chi connectivity index (χ3n) is 4.55. The molecule has 6 nitrogen and oxygen atoms in total. The molecule has 0 saturated heterocycles. The minimum atomic E-state index is -1.33. The lowest BCUT2D eigenvalue weighted by molar-refractivity contribution is 0.205. The average Bonchev–Trinajstić information content (AvgIpc) is 3.19. The van der Waals surface area contributed by atoms with Gasteiger partial charge in [0.05, 0.1) is 7.11 Å². The van der Waals surface area contributed by atoms with Crippen molar-refractivity contribution < 1.29 is 23.8 Å². The molecular formula is C21H27FN2O4. The number of carboxylic acid groups (broad SMARTS) is 1. The summed E-state index contributed by atoms with van der Waals surface area (Å²) in [5.74, 6) is 1.23. The van der Waals surface area contributed by atoms with Crippen LogP contribution in [0.25, 0.3) is 0 Å². The first-order valence-corrected chi connectivity index (χ1v) is 9.24. The summed E-state index contributed by atoms with van der Waals surface area (Å²) in [6, 6.07) is 13.1. The molecule has 1 amide bonds. The second kappa shape index (κ2) is 11.1. The summed E-state index contributed by atoms with van der Waals surface area (Å²) in [6.45, 7) is 0.997. The Hall–Kier alpha value is -2.80. The van der Waals surface area contributed by atoms with Crippen molar-refractivity contribution in [3.05, 3.63) is 59.4 Å². The molecule has 0 heterocycles. The number of hydrogen-bond acceptors (Lipinski definition) is 4. The van der Waals surface area contributed by atoms with Gasteiger partial charge in [0.1, 0.15) is 23.9 Å². The Kier molecular flexibility index (Phi) is 8.55. The fourth-order valence-electron chi connectivity index (χ4n) is 3.12. The van der Waals surface area contributed by atoms with Crippen molar-refractivity contribution in [2.75, 3.05) is 7.11 Å². The number of rotatable bonds is 7. The topological polar surface area (TPSA) is 93.8 Å². The van der Waals surface area contributed by atoms with E-state index >= 15 is 0 Å². The van der Waals surface area contributed by atoms with Gasteiger partial charge in [0.15, 0.2) is 0 Å². The zero-order chi connectivity index (χ0) is 20.4. The van der Waals surface area contributed by atoms with Crippen LogP contribution < -0.4 is 20.5 Å². The summed E-state index contributed by atoms with van der Waals surface area (Å²) in [7, 11) is 1.66. The van der Waals surface area contributed by atoms with Crippen LogP contribution in [0.3, 0.4) is 0 Å². The van der Waals surface area contributed by atoms with Crippen molar-refractivity contribution in [2.45, 2.75) is 44.9 Å². The van der Waals surface area contributed by atoms with Gasteiger partial charge in [-0.25, -0.2) is 9.18 Å². The van der Waals surface area contributed by atoms with Crippen LogP contribution in [0.4, 0.5) is 9.18 Å². The van der Waals surface area contributed by atoms with E-state index in [9.17, 15) is 4.39 Å². The molecule has 1 aliphatic rings. The molecule has 0 aliphatic heterocycles. The van der Waals surface area contributed by atoms with Gasteiger partial charge < -0.3 is 25.6 Å². The second-order valence-corrected chi connectivity index (χ2v) is 6.55. The number of carbonyl (C=O) groups is 1. The summed E-state index contributed by atoms with van der Waals surface area (Å²) in [4.78, 5) is 8.78. The highest BCUT2D eigenvalue weighted by molar-refractivity contribution is 5.61. The summed E-state index contributed by atoms with van der Waals surface area (Å²) in [6.07, 6.45) is 3.81. The van der Waals surface area contributed by atoms with Crippen LogP contribution in [0, 0.1) is 5.82 Å². The third-order valence-corrected chi connectivity index (χ3v) is 4.55. The van der Waals surface area contributed by atoms with Crippen molar-refractivity contribution in [3.63, 3.8) is 0 Å². The van der Waals surface area contributed by atoms with Crippen LogP contribution in [-0.4, -0.2) is 24.4 Å². The Morgan fingerprint density at radius 3 is 2.54 bits per heavy atom. The third kappa shape index (κ3) is 7.08. The highest BCUT2D eigenvalue weighted by Crippen LogP contribution is 2.26. The Balaban J connectivity index is 0.000000640. The van der Waals surface area contributed by atoms with E-state index in [1.165, 1.54) is 31.7 Å². The number of nitrogens with two attached hydrogens (primary N) is 1. The summed E-state index contributed by atoms with van der Waals surface area (Å²) in [5, 5.41) is 10.8. The van der Waals surface area contributed by atoms with Crippen molar-refractivity contribution in [2.24, 2.45) is 5.73 Å². The molecule has 2 aromatic rings. The summed E-state index contributed by atoms with van der Waals surface area (Å²) in [5.41, 5.74) is 5.69. The maximum atomic E-state index is 13.6. The predicted molar refractivity (Wildman–Crippen MR) is 105 cm³/mol. The van der Waals surface area contributed by atoms with Crippen LogP contribution in [0.15, 0.2) is 42.5 Å². The lowest BCUT2D eigenvalue weighted by Crippen LogP contribution is -2.25. The van der Waals surface area contributed by atoms with E-state index in [0.29, 0.717) is 17.4 Å². The fraction of sp³-hybridized carbons (Fsp3) is 0.381. The highest BCUT2D eigenvalue weighted by Gasteiger charge is 2.15. The molecule has 28 heavy (non-hydrogen) atoms. The Labute approximate surface area is 164 Å². The van der Waals surface area contributed by atoms with Crippen LogP contribution >= 0.6 is 0 Å². The minimum Gasteiger partial charge on any atom is -0.496 e. The van der Waals surface area contributed by atoms with Gasteiger partial charge in [-0.15, -0.1) is 0 Å². The predicted octanol–water partition coefficient (Wildman–Crippen LogP) is 4.07. The first kappa shape index (κ1) is 21.5. The number of hydrogen-bond donors (Lipinski definition) is 3.